The second-order valence-corrected chi connectivity index (χ2v) is 10.6. The number of nitrogens with one attached hydrogen (secondary N) is 2. The second-order valence-electron chi connectivity index (χ2n) is 10.6. The second kappa shape index (κ2) is 12.0. The van der Waals surface area contributed by atoms with Gasteiger partial charge in [-0.15, -0.1) is 10.2 Å². The van der Waals surface area contributed by atoms with E-state index >= 15 is 0 Å². The van der Waals surface area contributed by atoms with E-state index in [4.69, 9.17) is 4.42 Å². The minimum atomic E-state index is -1.07. The number of anilines is 1. The number of aromatic nitrogens is 5. The van der Waals surface area contributed by atoms with Gasteiger partial charge in [0, 0.05) is 34.9 Å². The van der Waals surface area contributed by atoms with E-state index in [9.17, 15) is 14.0 Å². The molecule has 2 amide bonds. The van der Waals surface area contributed by atoms with E-state index in [2.05, 4.69) is 25.7 Å². The normalized spacial score (nSPS) is 11.9. The fourth-order valence-electron chi connectivity index (χ4n) is 5.16. The predicted octanol–water partition coefficient (Wildman–Crippen LogP) is 5.57. The molecule has 1 atom stereocenters. The fraction of sp³-hybridized carbons (Fsp3) is 0.182. The van der Waals surface area contributed by atoms with Crippen LogP contribution in [0.5, 0.6) is 0 Å². The summed E-state index contributed by atoms with van der Waals surface area (Å²) >= 11 is 0. The summed E-state index contributed by atoms with van der Waals surface area (Å²) in [6.45, 7) is 5.49. The molecule has 0 saturated carbocycles. The average Bonchev–Trinajstić information content (AvgIpc) is 3.77. The van der Waals surface area contributed by atoms with Gasteiger partial charge in [0.1, 0.15) is 24.2 Å². The Morgan fingerprint density at radius 3 is 2.59 bits per heavy atom. The number of carbonyl (C=O) groups excluding carboxylic acids is 2. The number of fused-ring (bicyclic) bond motifs is 1. The first-order chi connectivity index (χ1) is 21.3. The van der Waals surface area contributed by atoms with Crippen molar-refractivity contribution >= 4 is 28.4 Å². The summed E-state index contributed by atoms with van der Waals surface area (Å²) in [6, 6.07) is 21.7. The Labute approximate surface area is 252 Å². The number of H-pyrrole nitrogens is 1. The van der Waals surface area contributed by atoms with E-state index in [-0.39, 0.29) is 24.7 Å². The number of aromatic amines is 1. The van der Waals surface area contributed by atoms with Crippen LogP contribution in [0.15, 0.2) is 89.5 Å². The molecule has 0 aliphatic carbocycles. The third-order valence-corrected chi connectivity index (χ3v) is 7.39. The number of furan rings is 1. The van der Waals surface area contributed by atoms with Gasteiger partial charge in [0.05, 0.1) is 0 Å². The summed E-state index contributed by atoms with van der Waals surface area (Å²) in [4.78, 5) is 34.5. The van der Waals surface area contributed by atoms with Crippen LogP contribution in [-0.4, -0.2) is 37.0 Å². The van der Waals surface area contributed by atoms with Gasteiger partial charge >= 0.3 is 0 Å². The molecule has 10 nitrogen and oxygen atoms in total. The number of amides is 2. The van der Waals surface area contributed by atoms with Crippen molar-refractivity contribution in [2.45, 2.75) is 39.9 Å². The topological polar surface area (TPSA) is 122 Å². The molecule has 222 valence electrons. The van der Waals surface area contributed by atoms with Gasteiger partial charge in [-0.2, -0.15) is 4.80 Å². The number of aryl methyl sites for hydroxylation is 3. The predicted molar refractivity (Wildman–Crippen MR) is 163 cm³/mol. The largest absolute Gasteiger partial charge is 0.458 e. The van der Waals surface area contributed by atoms with Crippen LogP contribution in [0, 0.1) is 26.6 Å². The molecule has 0 spiro atoms. The van der Waals surface area contributed by atoms with Crippen molar-refractivity contribution in [3.63, 3.8) is 0 Å². The monoisotopic (exact) mass is 591 g/mol. The lowest BCUT2D eigenvalue weighted by Gasteiger charge is -2.32. The van der Waals surface area contributed by atoms with Crippen molar-refractivity contribution in [1.29, 1.82) is 0 Å². The molecule has 11 heteroatoms. The molecule has 2 N–H and O–H groups in total. The molecule has 0 radical (unpaired) electrons. The summed E-state index contributed by atoms with van der Waals surface area (Å²) in [5.41, 5.74) is 4.45. The van der Waals surface area contributed by atoms with E-state index in [0.29, 0.717) is 22.8 Å². The van der Waals surface area contributed by atoms with Gasteiger partial charge in [-0.05, 0) is 79.1 Å². The zero-order valence-electron chi connectivity index (χ0n) is 24.4. The molecule has 3 heterocycles. The standard InChI is InChI=1S/C33H30FN7O3/c1-20-8-9-21(2)28(16-20)41(30(42)19-40-38-32(37-39-40)29-15-10-22(3)44-29)31(26-18-35-27-7-5-4-6-25(26)27)33(43)36-17-23-11-13-24(34)14-12-23/h4-16,18,31,35H,17,19H2,1-3H3,(H,36,43)/t31-/m1/s1. The Morgan fingerprint density at radius 1 is 1.02 bits per heavy atom. The zero-order chi connectivity index (χ0) is 30.8. The SMILES string of the molecule is Cc1ccc(C)c(N(C(=O)Cn2nnc(-c3ccc(C)o3)n2)[C@@H](C(=O)NCc2ccc(F)cc2)c2c[nH]c3ccccc23)c1. The Bertz CT molecular complexity index is 1960. The van der Waals surface area contributed by atoms with Crippen LogP contribution >= 0.6 is 0 Å². The highest BCUT2D eigenvalue weighted by Crippen LogP contribution is 2.35. The maximum atomic E-state index is 14.4. The van der Waals surface area contributed by atoms with Crippen LogP contribution in [0.4, 0.5) is 10.1 Å². The molecule has 3 aromatic heterocycles. The molecule has 6 aromatic rings. The highest BCUT2D eigenvalue weighted by molar-refractivity contribution is 6.04. The molecule has 0 bridgehead atoms. The molecule has 44 heavy (non-hydrogen) atoms. The number of hydrogen-bond acceptors (Lipinski definition) is 6. The Kier molecular flexibility index (Phi) is 7.76. The third-order valence-electron chi connectivity index (χ3n) is 7.39. The molecule has 0 fully saturated rings. The first-order valence-electron chi connectivity index (χ1n) is 14.1. The van der Waals surface area contributed by atoms with E-state index in [0.717, 1.165) is 27.6 Å². The summed E-state index contributed by atoms with van der Waals surface area (Å²) in [5.74, 6) is 0.174. The van der Waals surface area contributed by atoms with Crippen LogP contribution in [0.1, 0.15) is 34.1 Å². The minimum absolute atomic E-state index is 0.142. The molecular formula is C33H30FN7O3. The third kappa shape index (κ3) is 5.84. The van der Waals surface area contributed by atoms with Crippen LogP contribution in [0.25, 0.3) is 22.5 Å². The zero-order valence-corrected chi connectivity index (χ0v) is 24.4. The number of benzene rings is 3. The number of tetrazole rings is 1. The van der Waals surface area contributed by atoms with Crippen molar-refractivity contribution < 1.29 is 18.4 Å². The van der Waals surface area contributed by atoms with Crippen LogP contribution < -0.4 is 10.2 Å². The Balaban J connectivity index is 1.42. The van der Waals surface area contributed by atoms with Crippen LogP contribution in [0.2, 0.25) is 0 Å². The molecule has 0 unspecified atom stereocenters. The number of hydrogen-bond donors (Lipinski definition) is 2. The Morgan fingerprint density at radius 2 is 1.82 bits per heavy atom. The molecule has 0 aliphatic heterocycles. The average molecular weight is 592 g/mol. The Hall–Kier alpha value is -5.58. The number of rotatable bonds is 9. The molecule has 0 saturated heterocycles. The van der Waals surface area contributed by atoms with Gasteiger partial charge in [0.15, 0.2) is 5.76 Å². The van der Waals surface area contributed by atoms with Gasteiger partial charge in [-0.1, -0.05) is 42.5 Å². The lowest BCUT2D eigenvalue weighted by atomic mass is 10.00. The highest BCUT2D eigenvalue weighted by atomic mass is 19.1. The first kappa shape index (κ1) is 28.5. The van der Waals surface area contributed by atoms with Gasteiger partial charge < -0.3 is 14.7 Å². The van der Waals surface area contributed by atoms with Gasteiger partial charge in [0.25, 0.3) is 5.91 Å². The molecular weight excluding hydrogens is 561 g/mol. The van der Waals surface area contributed by atoms with E-state index in [1.807, 2.05) is 63.2 Å². The summed E-state index contributed by atoms with van der Waals surface area (Å²) in [6.07, 6.45) is 1.75. The number of para-hydroxylation sites is 1. The van der Waals surface area contributed by atoms with Crippen molar-refractivity contribution in [1.82, 2.24) is 30.5 Å². The van der Waals surface area contributed by atoms with E-state index in [1.165, 1.54) is 21.8 Å². The molecule has 3 aromatic carbocycles. The van der Waals surface area contributed by atoms with Gasteiger partial charge in [0.2, 0.25) is 11.7 Å². The van der Waals surface area contributed by atoms with E-state index in [1.54, 1.807) is 30.5 Å². The van der Waals surface area contributed by atoms with Crippen LogP contribution in [-0.2, 0) is 22.7 Å². The quantitative estimate of drug-likeness (QED) is 0.227. The maximum absolute atomic E-state index is 14.4. The van der Waals surface area contributed by atoms with Crippen molar-refractivity contribution in [3.8, 4) is 11.6 Å². The smallest absolute Gasteiger partial charge is 0.251 e. The lowest BCUT2D eigenvalue weighted by molar-refractivity contribution is -0.127. The fourth-order valence-corrected chi connectivity index (χ4v) is 5.16. The van der Waals surface area contributed by atoms with E-state index < -0.39 is 17.9 Å². The number of halogens is 1. The summed E-state index contributed by atoms with van der Waals surface area (Å²) in [5, 5.41) is 16.3. The lowest BCUT2D eigenvalue weighted by Crippen LogP contribution is -2.45. The van der Waals surface area contributed by atoms with Crippen molar-refractivity contribution in [3.05, 3.63) is 119 Å². The van der Waals surface area contributed by atoms with Crippen molar-refractivity contribution in [2.75, 3.05) is 4.90 Å². The molecule has 0 aliphatic rings. The van der Waals surface area contributed by atoms with Crippen molar-refractivity contribution in [2.24, 2.45) is 0 Å². The summed E-state index contributed by atoms with van der Waals surface area (Å²) in [7, 11) is 0. The highest BCUT2D eigenvalue weighted by Gasteiger charge is 2.35. The summed E-state index contributed by atoms with van der Waals surface area (Å²) < 4.78 is 19.1. The van der Waals surface area contributed by atoms with Gasteiger partial charge in [-0.25, -0.2) is 4.39 Å². The minimum Gasteiger partial charge on any atom is -0.458 e. The maximum Gasteiger partial charge on any atom is 0.251 e. The van der Waals surface area contributed by atoms with Crippen LogP contribution in [0.3, 0.4) is 0 Å². The first-order valence-corrected chi connectivity index (χ1v) is 14.1. The van der Waals surface area contributed by atoms with Gasteiger partial charge in [-0.3, -0.25) is 14.5 Å². The number of carbonyl (C=O) groups is 2. The molecule has 6 rings (SSSR count). The number of nitrogens with zero attached hydrogens (tertiary/aromatic N) is 5.